The van der Waals surface area contributed by atoms with Crippen molar-refractivity contribution in [2.24, 2.45) is 0 Å². The molecular weight excluding hydrogens is 400 g/mol. The normalized spacial score (nSPS) is 16.8. The van der Waals surface area contributed by atoms with Crippen LogP contribution in [0.15, 0.2) is 0 Å². The lowest BCUT2D eigenvalue weighted by Crippen LogP contribution is -2.45. The Kier molecular flexibility index (Phi) is 8.60. The van der Waals surface area contributed by atoms with Gasteiger partial charge in [0.05, 0.1) is 24.9 Å². The summed E-state index contributed by atoms with van der Waals surface area (Å²) in [5, 5.41) is 3.29. The van der Waals surface area contributed by atoms with Crippen LogP contribution in [0.25, 0.3) is 0 Å². The molecule has 1 aliphatic rings. The molecule has 1 aromatic rings. The number of hydrogen-bond donors (Lipinski definition) is 1. The summed E-state index contributed by atoms with van der Waals surface area (Å²) in [4.78, 5) is 25.4. The zero-order valence-corrected chi connectivity index (χ0v) is 18.4. The molecular formula is C18H30N4O6S. The SMILES string of the molecule is CC(=O)OC(C)C(=O)OC(CNC(C)(C)C)COc1nsnc1N1CCOCC1. The van der Waals surface area contributed by atoms with Crippen LogP contribution in [-0.4, -0.2) is 77.9 Å². The number of anilines is 1. The Morgan fingerprint density at radius 1 is 1.24 bits per heavy atom. The van der Waals surface area contributed by atoms with Crippen LogP contribution in [0.2, 0.25) is 0 Å². The van der Waals surface area contributed by atoms with E-state index in [4.69, 9.17) is 18.9 Å². The predicted molar refractivity (Wildman–Crippen MR) is 107 cm³/mol. The molecule has 164 valence electrons. The van der Waals surface area contributed by atoms with Gasteiger partial charge in [-0.15, -0.1) is 4.37 Å². The first-order valence-corrected chi connectivity index (χ1v) is 10.3. The van der Waals surface area contributed by atoms with Gasteiger partial charge in [0, 0.05) is 32.1 Å². The van der Waals surface area contributed by atoms with E-state index in [2.05, 4.69) is 19.0 Å². The fourth-order valence-corrected chi connectivity index (χ4v) is 3.04. The lowest BCUT2D eigenvalue weighted by molar-refractivity contribution is -0.170. The summed E-state index contributed by atoms with van der Waals surface area (Å²) in [7, 11) is 0. The minimum absolute atomic E-state index is 0.0877. The molecule has 11 heteroatoms. The highest BCUT2D eigenvalue weighted by Crippen LogP contribution is 2.26. The molecule has 1 fully saturated rings. The molecule has 0 spiro atoms. The fraction of sp³-hybridized carbons (Fsp3) is 0.778. The molecule has 0 radical (unpaired) electrons. The maximum atomic E-state index is 12.3. The Hall–Kier alpha value is -1.98. The molecule has 0 aliphatic carbocycles. The highest BCUT2D eigenvalue weighted by Gasteiger charge is 2.26. The number of rotatable bonds is 9. The van der Waals surface area contributed by atoms with Crippen LogP contribution in [0, 0.1) is 0 Å². The molecule has 0 amide bonds. The molecule has 1 aromatic heterocycles. The first-order valence-electron chi connectivity index (χ1n) is 9.56. The van der Waals surface area contributed by atoms with E-state index in [0.29, 0.717) is 44.5 Å². The van der Waals surface area contributed by atoms with Gasteiger partial charge in [-0.1, -0.05) is 0 Å². The number of hydrogen-bond acceptors (Lipinski definition) is 11. The van der Waals surface area contributed by atoms with Crippen molar-refractivity contribution in [3.05, 3.63) is 0 Å². The summed E-state index contributed by atoms with van der Waals surface area (Å²) in [6.07, 6.45) is -1.59. The molecule has 1 saturated heterocycles. The van der Waals surface area contributed by atoms with E-state index in [9.17, 15) is 9.59 Å². The van der Waals surface area contributed by atoms with E-state index in [-0.39, 0.29) is 12.1 Å². The zero-order chi connectivity index (χ0) is 21.4. The van der Waals surface area contributed by atoms with Gasteiger partial charge in [0.15, 0.2) is 6.10 Å². The van der Waals surface area contributed by atoms with Crippen molar-refractivity contribution in [3.63, 3.8) is 0 Å². The zero-order valence-electron chi connectivity index (χ0n) is 17.6. The number of ether oxygens (including phenoxy) is 4. The number of carbonyl (C=O) groups excluding carboxylic acids is 2. The fourth-order valence-electron chi connectivity index (χ4n) is 2.52. The lowest BCUT2D eigenvalue weighted by Gasteiger charge is -2.28. The van der Waals surface area contributed by atoms with Crippen LogP contribution >= 0.6 is 11.7 Å². The average molecular weight is 431 g/mol. The van der Waals surface area contributed by atoms with Crippen molar-refractivity contribution in [1.82, 2.24) is 14.1 Å². The average Bonchev–Trinajstić information content (AvgIpc) is 3.12. The van der Waals surface area contributed by atoms with Gasteiger partial charge in [0.1, 0.15) is 12.7 Å². The Bertz CT molecular complexity index is 672. The van der Waals surface area contributed by atoms with Crippen LogP contribution in [0.4, 0.5) is 5.82 Å². The van der Waals surface area contributed by atoms with Crippen molar-refractivity contribution >= 4 is 29.5 Å². The van der Waals surface area contributed by atoms with Gasteiger partial charge in [0.25, 0.3) is 5.88 Å². The smallest absolute Gasteiger partial charge is 0.347 e. The molecule has 2 unspecified atom stereocenters. The molecule has 2 atom stereocenters. The standard InChI is InChI=1S/C18H30N4O6S/c1-12(27-13(2)23)17(24)28-14(10-19-18(3,4)5)11-26-16-15(20-29-21-16)22-6-8-25-9-7-22/h12,14,19H,6-11H2,1-5H3. The van der Waals surface area contributed by atoms with Gasteiger partial charge < -0.3 is 29.2 Å². The molecule has 10 nitrogen and oxygen atoms in total. The van der Waals surface area contributed by atoms with Crippen LogP contribution < -0.4 is 15.0 Å². The van der Waals surface area contributed by atoms with E-state index in [0.717, 1.165) is 11.7 Å². The molecule has 0 bridgehead atoms. The number of esters is 2. The maximum Gasteiger partial charge on any atom is 0.347 e. The second-order valence-electron chi connectivity index (χ2n) is 7.74. The number of morpholine rings is 1. The van der Waals surface area contributed by atoms with E-state index < -0.39 is 24.1 Å². The van der Waals surface area contributed by atoms with Crippen molar-refractivity contribution in [2.45, 2.75) is 52.4 Å². The maximum absolute atomic E-state index is 12.3. The summed E-state index contributed by atoms with van der Waals surface area (Å²) >= 11 is 1.07. The highest BCUT2D eigenvalue weighted by molar-refractivity contribution is 6.99. The Balaban J connectivity index is 1.99. The minimum atomic E-state index is -0.991. The monoisotopic (exact) mass is 430 g/mol. The van der Waals surface area contributed by atoms with E-state index in [1.54, 1.807) is 0 Å². The third-order valence-electron chi connectivity index (χ3n) is 3.98. The quantitative estimate of drug-likeness (QED) is 0.570. The summed E-state index contributed by atoms with van der Waals surface area (Å²) in [5.41, 5.74) is -0.173. The summed E-state index contributed by atoms with van der Waals surface area (Å²) in [5.74, 6) is -0.102. The highest BCUT2D eigenvalue weighted by atomic mass is 32.1. The predicted octanol–water partition coefficient (Wildman–Crippen LogP) is 1.01. The number of nitrogens with one attached hydrogen (secondary N) is 1. The second-order valence-corrected chi connectivity index (χ2v) is 8.27. The number of carbonyl (C=O) groups is 2. The lowest BCUT2D eigenvalue weighted by atomic mass is 10.1. The third-order valence-corrected chi connectivity index (χ3v) is 4.48. The third kappa shape index (κ3) is 8.11. The molecule has 29 heavy (non-hydrogen) atoms. The van der Waals surface area contributed by atoms with Crippen LogP contribution in [-0.2, 0) is 23.8 Å². The molecule has 1 N–H and O–H groups in total. The molecule has 2 heterocycles. The van der Waals surface area contributed by atoms with Gasteiger partial charge in [-0.3, -0.25) is 4.79 Å². The van der Waals surface area contributed by atoms with Gasteiger partial charge >= 0.3 is 11.9 Å². The molecule has 0 aromatic carbocycles. The Morgan fingerprint density at radius 2 is 1.93 bits per heavy atom. The van der Waals surface area contributed by atoms with Crippen molar-refractivity contribution in [2.75, 3.05) is 44.4 Å². The second kappa shape index (κ2) is 10.7. The van der Waals surface area contributed by atoms with Crippen molar-refractivity contribution in [1.29, 1.82) is 0 Å². The molecule has 0 saturated carbocycles. The number of aromatic nitrogens is 2. The van der Waals surface area contributed by atoms with E-state index in [1.165, 1.54) is 13.8 Å². The van der Waals surface area contributed by atoms with E-state index in [1.807, 2.05) is 20.8 Å². The summed E-state index contributed by atoms with van der Waals surface area (Å²) in [6, 6.07) is 0. The Morgan fingerprint density at radius 3 is 2.55 bits per heavy atom. The minimum Gasteiger partial charge on any atom is -0.470 e. The Labute approximate surface area is 175 Å². The summed E-state index contributed by atoms with van der Waals surface area (Å²) < 4.78 is 30.2. The van der Waals surface area contributed by atoms with Crippen LogP contribution in [0.1, 0.15) is 34.6 Å². The van der Waals surface area contributed by atoms with Gasteiger partial charge in [-0.2, -0.15) is 4.37 Å². The van der Waals surface area contributed by atoms with E-state index >= 15 is 0 Å². The first kappa shape index (κ1) is 23.3. The first-order chi connectivity index (χ1) is 13.7. The largest absolute Gasteiger partial charge is 0.470 e. The topological polar surface area (TPSA) is 112 Å². The van der Waals surface area contributed by atoms with Gasteiger partial charge in [0.2, 0.25) is 5.82 Å². The van der Waals surface area contributed by atoms with Gasteiger partial charge in [-0.25, -0.2) is 4.79 Å². The van der Waals surface area contributed by atoms with Crippen LogP contribution in [0.3, 0.4) is 0 Å². The molecule has 1 aliphatic heterocycles. The van der Waals surface area contributed by atoms with Crippen molar-refractivity contribution in [3.8, 4) is 5.88 Å². The van der Waals surface area contributed by atoms with Crippen molar-refractivity contribution < 1.29 is 28.5 Å². The van der Waals surface area contributed by atoms with Crippen LogP contribution in [0.5, 0.6) is 5.88 Å². The molecule has 2 rings (SSSR count). The number of nitrogens with zero attached hydrogens (tertiary/aromatic N) is 3. The summed E-state index contributed by atoms with van der Waals surface area (Å²) in [6.45, 7) is 11.9. The van der Waals surface area contributed by atoms with Gasteiger partial charge in [-0.05, 0) is 27.7 Å².